The summed E-state index contributed by atoms with van der Waals surface area (Å²) >= 11 is 3.54. The maximum Gasteiger partial charge on any atom is 0.0400 e. The molecule has 0 spiro atoms. The Morgan fingerprint density at radius 1 is 1.05 bits per heavy atom. The number of hydrogen-bond acceptors (Lipinski definition) is 1. The maximum absolute atomic E-state index is 3.54. The molecule has 2 aromatic carbocycles. The van der Waals surface area contributed by atoms with E-state index in [-0.39, 0.29) is 0 Å². The molecule has 0 amide bonds. The number of benzene rings is 2. The van der Waals surface area contributed by atoms with E-state index in [4.69, 9.17) is 0 Å². The summed E-state index contributed by atoms with van der Waals surface area (Å²) in [5.74, 6) is 0. The Balaban J connectivity index is 1.72. The second-order valence-corrected chi connectivity index (χ2v) is 6.24. The summed E-state index contributed by atoms with van der Waals surface area (Å²) < 4.78 is 1.13. The molecule has 0 unspecified atom stereocenters. The molecule has 19 heavy (non-hydrogen) atoms. The minimum atomic E-state index is 0.892. The summed E-state index contributed by atoms with van der Waals surface area (Å²) in [6, 6.07) is 13.3. The molecule has 1 N–H and O–H groups in total. The van der Waals surface area contributed by atoms with Crippen molar-refractivity contribution in [2.75, 3.05) is 5.32 Å². The number of aryl methyl sites for hydroxylation is 3. The van der Waals surface area contributed by atoms with Crippen molar-refractivity contribution in [2.45, 2.75) is 32.7 Å². The summed E-state index contributed by atoms with van der Waals surface area (Å²) in [5.41, 5.74) is 6.91. The first kappa shape index (κ1) is 12.7. The first-order chi connectivity index (χ1) is 9.20. The maximum atomic E-state index is 3.54. The van der Waals surface area contributed by atoms with Crippen LogP contribution in [0, 0.1) is 6.92 Å². The molecule has 3 rings (SSSR count). The quantitative estimate of drug-likeness (QED) is 0.853. The van der Waals surface area contributed by atoms with Crippen molar-refractivity contribution in [3.8, 4) is 0 Å². The van der Waals surface area contributed by atoms with Crippen LogP contribution in [0.4, 0.5) is 5.69 Å². The smallest absolute Gasteiger partial charge is 0.0400 e. The van der Waals surface area contributed by atoms with Gasteiger partial charge in [-0.05, 0) is 66.6 Å². The average Bonchev–Trinajstić information content (AvgIpc) is 2.82. The lowest BCUT2D eigenvalue weighted by Crippen LogP contribution is -2.00. The van der Waals surface area contributed by atoms with Crippen LogP contribution in [-0.2, 0) is 19.4 Å². The van der Waals surface area contributed by atoms with Gasteiger partial charge in [-0.3, -0.25) is 0 Å². The summed E-state index contributed by atoms with van der Waals surface area (Å²) in [7, 11) is 0. The number of rotatable bonds is 3. The Morgan fingerprint density at radius 2 is 1.89 bits per heavy atom. The lowest BCUT2D eigenvalue weighted by atomic mass is 10.1. The Kier molecular flexibility index (Phi) is 3.61. The molecule has 0 radical (unpaired) electrons. The van der Waals surface area contributed by atoms with Gasteiger partial charge in [-0.1, -0.05) is 34.1 Å². The van der Waals surface area contributed by atoms with Crippen molar-refractivity contribution >= 4 is 21.6 Å². The van der Waals surface area contributed by atoms with E-state index < -0.39 is 0 Å². The molecule has 0 atom stereocenters. The van der Waals surface area contributed by atoms with Crippen LogP contribution in [0.2, 0.25) is 0 Å². The molecule has 1 nitrogen and oxygen atoms in total. The van der Waals surface area contributed by atoms with E-state index in [0.717, 1.165) is 11.0 Å². The molecular formula is C17H18BrN. The average molecular weight is 316 g/mol. The number of hydrogen-bond donors (Lipinski definition) is 1. The fourth-order valence-corrected chi connectivity index (χ4v) is 3.39. The zero-order chi connectivity index (χ0) is 13.2. The Morgan fingerprint density at radius 3 is 2.74 bits per heavy atom. The predicted molar refractivity (Wildman–Crippen MR) is 84.7 cm³/mol. The van der Waals surface area contributed by atoms with Crippen LogP contribution in [0.1, 0.15) is 28.7 Å². The van der Waals surface area contributed by atoms with Crippen LogP contribution >= 0.6 is 15.9 Å². The van der Waals surface area contributed by atoms with Crippen LogP contribution in [0.5, 0.6) is 0 Å². The summed E-state index contributed by atoms with van der Waals surface area (Å²) in [4.78, 5) is 0. The zero-order valence-corrected chi connectivity index (χ0v) is 12.8. The van der Waals surface area contributed by atoms with E-state index in [1.807, 2.05) is 0 Å². The van der Waals surface area contributed by atoms with Gasteiger partial charge >= 0.3 is 0 Å². The lowest BCUT2D eigenvalue weighted by Gasteiger charge is -2.09. The summed E-state index contributed by atoms with van der Waals surface area (Å²) in [6.07, 6.45) is 3.82. The Bertz CT molecular complexity index is 584. The second-order valence-electron chi connectivity index (χ2n) is 5.33. The topological polar surface area (TPSA) is 12.0 Å². The van der Waals surface area contributed by atoms with Crippen molar-refractivity contribution in [3.63, 3.8) is 0 Å². The highest BCUT2D eigenvalue weighted by molar-refractivity contribution is 9.10. The largest absolute Gasteiger partial charge is 0.381 e. The third-order valence-electron chi connectivity index (χ3n) is 3.70. The van der Waals surface area contributed by atoms with Gasteiger partial charge in [0.05, 0.1) is 0 Å². The standard InChI is InChI=1S/C17H18BrN/c1-12-7-16(18)10-17(8-12)19-11-13-5-6-14-3-2-4-15(14)9-13/h5-10,19H,2-4,11H2,1H3. The molecule has 2 aromatic rings. The zero-order valence-electron chi connectivity index (χ0n) is 11.2. The molecule has 1 aliphatic carbocycles. The Hall–Kier alpha value is -1.28. The van der Waals surface area contributed by atoms with Crippen molar-refractivity contribution in [1.29, 1.82) is 0 Å². The van der Waals surface area contributed by atoms with E-state index in [1.165, 1.54) is 36.1 Å². The van der Waals surface area contributed by atoms with Gasteiger partial charge < -0.3 is 5.32 Å². The van der Waals surface area contributed by atoms with Gasteiger partial charge in [0.25, 0.3) is 0 Å². The highest BCUT2D eigenvalue weighted by atomic mass is 79.9. The molecule has 0 aromatic heterocycles. The van der Waals surface area contributed by atoms with Crippen molar-refractivity contribution in [1.82, 2.24) is 0 Å². The molecule has 2 heteroatoms. The van der Waals surface area contributed by atoms with Crippen molar-refractivity contribution in [3.05, 3.63) is 63.1 Å². The molecule has 98 valence electrons. The third kappa shape index (κ3) is 3.01. The minimum absolute atomic E-state index is 0.892. The fourth-order valence-electron chi connectivity index (χ4n) is 2.78. The monoisotopic (exact) mass is 315 g/mol. The normalized spacial score (nSPS) is 13.4. The molecule has 0 saturated carbocycles. The lowest BCUT2D eigenvalue weighted by molar-refractivity contribution is 0.911. The molecular weight excluding hydrogens is 298 g/mol. The third-order valence-corrected chi connectivity index (χ3v) is 4.16. The van der Waals surface area contributed by atoms with Crippen LogP contribution in [0.25, 0.3) is 0 Å². The number of nitrogens with one attached hydrogen (secondary N) is 1. The predicted octanol–water partition coefficient (Wildman–Crippen LogP) is 4.86. The highest BCUT2D eigenvalue weighted by Crippen LogP contribution is 2.24. The van der Waals surface area contributed by atoms with Gasteiger partial charge in [0.15, 0.2) is 0 Å². The molecule has 0 bridgehead atoms. The van der Waals surface area contributed by atoms with Crippen molar-refractivity contribution in [2.24, 2.45) is 0 Å². The van der Waals surface area contributed by atoms with E-state index >= 15 is 0 Å². The number of halogens is 1. The summed E-state index contributed by atoms with van der Waals surface area (Å²) in [5, 5.41) is 3.50. The molecule has 0 saturated heterocycles. The van der Waals surface area contributed by atoms with Gasteiger partial charge in [-0.2, -0.15) is 0 Å². The van der Waals surface area contributed by atoms with Gasteiger partial charge in [0, 0.05) is 16.7 Å². The SMILES string of the molecule is Cc1cc(Br)cc(NCc2ccc3c(c2)CCC3)c1. The van der Waals surface area contributed by atoms with Crippen molar-refractivity contribution < 1.29 is 0 Å². The van der Waals surface area contributed by atoms with E-state index in [2.05, 4.69) is 64.6 Å². The van der Waals surface area contributed by atoms with E-state index in [9.17, 15) is 0 Å². The molecule has 0 fully saturated rings. The highest BCUT2D eigenvalue weighted by Gasteiger charge is 2.10. The minimum Gasteiger partial charge on any atom is -0.381 e. The van der Waals surface area contributed by atoms with Gasteiger partial charge in [0.1, 0.15) is 0 Å². The van der Waals surface area contributed by atoms with Gasteiger partial charge in [0.2, 0.25) is 0 Å². The van der Waals surface area contributed by atoms with Crippen LogP contribution in [0.15, 0.2) is 40.9 Å². The summed E-state index contributed by atoms with van der Waals surface area (Å²) in [6.45, 7) is 3.01. The van der Waals surface area contributed by atoms with Gasteiger partial charge in [-0.25, -0.2) is 0 Å². The number of fused-ring (bicyclic) bond motifs is 1. The Labute approximate surface area is 123 Å². The second kappa shape index (κ2) is 5.38. The molecule has 0 aliphatic heterocycles. The number of anilines is 1. The fraction of sp³-hybridized carbons (Fsp3) is 0.294. The van der Waals surface area contributed by atoms with Crippen LogP contribution in [0.3, 0.4) is 0 Å². The van der Waals surface area contributed by atoms with Crippen LogP contribution in [-0.4, -0.2) is 0 Å². The first-order valence-corrected chi connectivity index (χ1v) is 7.62. The van der Waals surface area contributed by atoms with E-state index in [0.29, 0.717) is 0 Å². The van der Waals surface area contributed by atoms with E-state index in [1.54, 1.807) is 11.1 Å². The molecule has 1 aliphatic rings. The molecule has 0 heterocycles. The van der Waals surface area contributed by atoms with Gasteiger partial charge in [-0.15, -0.1) is 0 Å². The van der Waals surface area contributed by atoms with Crippen LogP contribution < -0.4 is 5.32 Å². The first-order valence-electron chi connectivity index (χ1n) is 6.82.